The molecule has 8 heteroatoms. The Kier molecular flexibility index (Phi) is 7.54. The molecule has 2 heterocycles. The van der Waals surface area contributed by atoms with E-state index in [1.165, 1.54) is 7.11 Å². The maximum atomic E-state index is 12.5. The Hall–Kier alpha value is -2.97. The second kappa shape index (κ2) is 10.5. The minimum absolute atomic E-state index is 0.172. The summed E-state index contributed by atoms with van der Waals surface area (Å²) in [6, 6.07) is 10.1. The molecule has 1 atom stereocenters. The maximum absolute atomic E-state index is 12.5. The van der Waals surface area contributed by atoms with Crippen molar-refractivity contribution < 1.29 is 23.8 Å². The van der Waals surface area contributed by atoms with Gasteiger partial charge in [0.1, 0.15) is 18.4 Å². The van der Waals surface area contributed by atoms with Crippen LogP contribution in [0.1, 0.15) is 15.9 Å². The highest BCUT2D eigenvalue weighted by Gasteiger charge is 2.28. The Labute approximate surface area is 169 Å². The molecule has 0 radical (unpaired) electrons. The molecule has 1 N–H and O–H groups in total. The van der Waals surface area contributed by atoms with E-state index in [4.69, 9.17) is 14.2 Å². The molecule has 1 aromatic carbocycles. The van der Waals surface area contributed by atoms with Gasteiger partial charge in [-0.1, -0.05) is 0 Å². The average molecular weight is 399 g/mol. The van der Waals surface area contributed by atoms with E-state index in [0.717, 1.165) is 5.56 Å². The van der Waals surface area contributed by atoms with Crippen molar-refractivity contribution >= 4 is 11.9 Å². The molecule has 0 aliphatic carbocycles. The quantitative estimate of drug-likeness (QED) is 0.669. The van der Waals surface area contributed by atoms with Crippen LogP contribution in [0.3, 0.4) is 0 Å². The zero-order valence-electron chi connectivity index (χ0n) is 16.4. The molecule has 8 nitrogen and oxygen atoms in total. The molecule has 1 aliphatic heterocycles. The van der Waals surface area contributed by atoms with Crippen molar-refractivity contribution in [3.05, 3.63) is 59.9 Å². The number of carbonyl (C=O) groups excluding carboxylic acids is 2. The predicted octanol–water partition coefficient (Wildman–Crippen LogP) is 1.26. The smallest absolute Gasteiger partial charge is 0.324 e. The summed E-state index contributed by atoms with van der Waals surface area (Å²) in [4.78, 5) is 30.5. The van der Waals surface area contributed by atoms with Crippen molar-refractivity contribution in [3.63, 3.8) is 0 Å². The van der Waals surface area contributed by atoms with Crippen molar-refractivity contribution in [1.82, 2.24) is 15.2 Å². The number of hydrogen-bond donors (Lipinski definition) is 1. The molecule has 0 saturated carbocycles. The van der Waals surface area contributed by atoms with Crippen LogP contribution in [0.4, 0.5) is 0 Å². The highest BCUT2D eigenvalue weighted by Crippen LogP contribution is 2.14. The molecule has 1 amide bonds. The van der Waals surface area contributed by atoms with Gasteiger partial charge in [-0.15, -0.1) is 0 Å². The predicted molar refractivity (Wildman–Crippen MR) is 106 cm³/mol. The lowest BCUT2D eigenvalue weighted by atomic mass is 10.2. The van der Waals surface area contributed by atoms with Gasteiger partial charge >= 0.3 is 5.97 Å². The topological polar surface area (TPSA) is 90.0 Å². The number of hydrogen-bond acceptors (Lipinski definition) is 7. The molecule has 1 aromatic heterocycles. The molecule has 3 rings (SSSR count). The molecule has 0 bridgehead atoms. The van der Waals surface area contributed by atoms with Crippen LogP contribution in [-0.2, 0) is 20.9 Å². The van der Waals surface area contributed by atoms with Crippen LogP contribution in [0.25, 0.3) is 0 Å². The van der Waals surface area contributed by atoms with Crippen LogP contribution < -0.4 is 10.1 Å². The lowest BCUT2D eigenvalue weighted by molar-refractivity contribution is -0.148. The SMILES string of the molecule is COC(=O)C(CNC(=O)c1ccc(OCc2ccncc2)cc1)N1CCOCC1. The lowest BCUT2D eigenvalue weighted by Gasteiger charge is -2.32. The second-order valence-corrected chi connectivity index (χ2v) is 6.57. The van der Waals surface area contributed by atoms with Crippen LogP contribution in [0.5, 0.6) is 5.75 Å². The van der Waals surface area contributed by atoms with E-state index in [0.29, 0.717) is 44.2 Å². The molecule has 154 valence electrons. The standard InChI is InChI=1S/C21H25N3O5/c1-27-21(26)19(24-10-12-28-13-11-24)14-23-20(25)17-2-4-18(5-3-17)29-15-16-6-8-22-9-7-16/h2-9,19H,10-15H2,1H3,(H,23,25). The van der Waals surface area contributed by atoms with Gasteiger partial charge < -0.3 is 19.5 Å². The van der Waals surface area contributed by atoms with Crippen molar-refractivity contribution in [3.8, 4) is 5.75 Å². The van der Waals surface area contributed by atoms with Crippen molar-refractivity contribution in [1.29, 1.82) is 0 Å². The van der Waals surface area contributed by atoms with Crippen molar-refractivity contribution in [2.45, 2.75) is 12.6 Å². The van der Waals surface area contributed by atoms with Crippen molar-refractivity contribution in [2.75, 3.05) is 40.0 Å². The van der Waals surface area contributed by atoms with Crippen LogP contribution in [0, 0.1) is 0 Å². The Balaban J connectivity index is 1.53. The molecule has 1 aliphatic rings. The Bertz CT molecular complexity index is 792. The van der Waals surface area contributed by atoms with Crippen LogP contribution in [0.2, 0.25) is 0 Å². The summed E-state index contributed by atoms with van der Waals surface area (Å²) in [6.07, 6.45) is 3.43. The monoisotopic (exact) mass is 399 g/mol. The fraction of sp³-hybridized carbons (Fsp3) is 0.381. The number of methoxy groups -OCH3 is 1. The number of nitrogens with one attached hydrogen (secondary N) is 1. The number of esters is 1. The summed E-state index contributed by atoms with van der Waals surface area (Å²) >= 11 is 0. The third-order valence-electron chi connectivity index (χ3n) is 4.69. The van der Waals surface area contributed by atoms with E-state index in [-0.39, 0.29) is 18.4 Å². The minimum atomic E-state index is -0.532. The molecule has 29 heavy (non-hydrogen) atoms. The third-order valence-corrected chi connectivity index (χ3v) is 4.69. The average Bonchev–Trinajstić information content (AvgIpc) is 2.79. The van der Waals surface area contributed by atoms with Gasteiger partial charge in [0.15, 0.2) is 0 Å². The third kappa shape index (κ3) is 6.00. The van der Waals surface area contributed by atoms with Gasteiger partial charge in [0, 0.05) is 37.6 Å². The summed E-state index contributed by atoms with van der Waals surface area (Å²) in [5.41, 5.74) is 1.51. The lowest BCUT2D eigenvalue weighted by Crippen LogP contribution is -2.52. The van der Waals surface area contributed by atoms with E-state index in [2.05, 4.69) is 10.3 Å². The van der Waals surface area contributed by atoms with E-state index < -0.39 is 6.04 Å². The van der Waals surface area contributed by atoms with Gasteiger partial charge in [0.25, 0.3) is 5.91 Å². The van der Waals surface area contributed by atoms with E-state index in [1.54, 1.807) is 36.7 Å². The molecule has 1 fully saturated rings. The molecular weight excluding hydrogens is 374 g/mol. The fourth-order valence-corrected chi connectivity index (χ4v) is 3.03. The first-order valence-corrected chi connectivity index (χ1v) is 9.47. The molecule has 2 aromatic rings. The van der Waals surface area contributed by atoms with E-state index >= 15 is 0 Å². The fourth-order valence-electron chi connectivity index (χ4n) is 3.03. The zero-order chi connectivity index (χ0) is 20.5. The number of aromatic nitrogens is 1. The Morgan fingerprint density at radius 3 is 2.48 bits per heavy atom. The van der Waals surface area contributed by atoms with Gasteiger partial charge in [0.05, 0.1) is 20.3 Å². The first-order valence-electron chi connectivity index (χ1n) is 9.47. The van der Waals surface area contributed by atoms with E-state index in [9.17, 15) is 9.59 Å². The number of benzene rings is 1. The van der Waals surface area contributed by atoms with Gasteiger partial charge in [0.2, 0.25) is 0 Å². The highest BCUT2D eigenvalue weighted by molar-refractivity contribution is 5.94. The second-order valence-electron chi connectivity index (χ2n) is 6.57. The number of nitrogens with zero attached hydrogens (tertiary/aromatic N) is 2. The number of rotatable bonds is 8. The largest absolute Gasteiger partial charge is 0.489 e. The highest BCUT2D eigenvalue weighted by atomic mass is 16.5. The van der Waals surface area contributed by atoms with Gasteiger partial charge in [-0.25, -0.2) is 0 Å². The minimum Gasteiger partial charge on any atom is -0.489 e. The summed E-state index contributed by atoms with van der Waals surface area (Å²) in [5, 5.41) is 2.82. The van der Waals surface area contributed by atoms with Crippen LogP contribution in [-0.4, -0.2) is 67.8 Å². The Morgan fingerprint density at radius 2 is 1.83 bits per heavy atom. The summed E-state index contributed by atoms with van der Waals surface area (Å²) in [6.45, 7) is 2.96. The van der Waals surface area contributed by atoms with E-state index in [1.807, 2.05) is 17.0 Å². The van der Waals surface area contributed by atoms with Gasteiger partial charge in [-0.05, 0) is 42.0 Å². The van der Waals surface area contributed by atoms with Crippen LogP contribution in [0.15, 0.2) is 48.8 Å². The summed E-state index contributed by atoms with van der Waals surface area (Å²) in [5.74, 6) is 0.0408. The molecule has 1 saturated heterocycles. The zero-order valence-corrected chi connectivity index (χ0v) is 16.4. The number of pyridine rings is 1. The number of morpholine rings is 1. The normalized spacial score (nSPS) is 15.3. The number of ether oxygens (including phenoxy) is 3. The summed E-state index contributed by atoms with van der Waals surface area (Å²) < 4.78 is 15.9. The van der Waals surface area contributed by atoms with Crippen LogP contribution >= 0.6 is 0 Å². The molecule has 0 spiro atoms. The first-order chi connectivity index (χ1) is 14.2. The maximum Gasteiger partial charge on any atom is 0.324 e. The van der Waals surface area contributed by atoms with Crippen molar-refractivity contribution in [2.24, 2.45) is 0 Å². The number of amides is 1. The molecular formula is C21H25N3O5. The Morgan fingerprint density at radius 1 is 1.14 bits per heavy atom. The first kappa shape index (κ1) is 20.8. The summed E-state index contributed by atoms with van der Waals surface area (Å²) in [7, 11) is 1.35. The van der Waals surface area contributed by atoms with Gasteiger partial charge in [-0.2, -0.15) is 0 Å². The van der Waals surface area contributed by atoms with Gasteiger partial charge in [-0.3, -0.25) is 19.5 Å². The number of carbonyl (C=O) groups is 2. The molecule has 1 unspecified atom stereocenters.